The number of hydrogen-bond acceptors (Lipinski definition) is 2. The minimum Gasteiger partial charge on any atom is -0.310 e. The Morgan fingerprint density at radius 1 is 1.26 bits per heavy atom. The van der Waals surface area contributed by atoms with Crippen molar-refractivity contribution in [2.75, 3.05) is 0 Å². The molecule has 3 heteroatoms. The van der Waals surface area contributed by atoms with Crippen LogP contribution in [0, 0.1) is 6.92 Å². The fraction of sp³-hybridized carbons (Fsp3) is 0.312. The molecule has 1 saturated carbocycles. The van der Waals surface area contributed by atoms with Gasteiger partial charge in [0.25, 0.3) is 0 Å². The van der Waals surface area contributed by atoms with E-state index in [0.29, 0.717) is 0 Å². The van der Waals surface area contributed by atoms with Crippen molar-refractivity contribution in [2.24, 2.45) is 0 Å². The normalized spacial score (nSPS) is 14.6. The van der Waals surface area contributed by atoms with Crippen molar-refractivity contribution in [1.29, 1.82) is 0 Å². The Kier molecular flexibility index (Phi) is 3.54. The number of nitrogens with one attached hydrogen (secondary N) is 1. The zero-order valence-corrected chi connectivity index (χ0v) is 11.7. The average Bonchev–Trinajstić information content (AvgIpc) is 3.20. The number of pyridine rings is 1. The first-order valence-corrected chi connectivity index (χ1v) is 7.04. The van der Waals surface area contributed by atoms with Crippen LogP contribution in [0.3, 0.4) is 0 Å². The van der Waals surface area contributed by atoms with Gasteiger partial charge in [0.15, 0.2) is 0 Å². The third kappa shape index (κ3) is 3.14. The van der Waals surface area contributed by atoms with E-state index in [0.717, 1.165) is 34.3 Å². The molecule has 1 aliphatic carbocycles. The number of halogens is 1. The van der Waals surface area contributed by atoms with Crippen LogP contribution in [0.15, 0.2) is 36.7 Å². The van der Waals surface area contributed by atoms with Gasteiger partial charge in [-0.3, -0.25) is 4.98 Å². The molecule has 1 aromatic carbocycles. The number of hydrogen-bond donors (Lipinski definition) is 1. The summed E-state index contributed by atoms with van der Waals surface area (Å²) in [6, 6.07) is 9.10. The summed E-state index contributed by atoms with van der Waals surface area (Å²) in [5, 5.41) is 4.29. The molecule has 2 nitrogen and oxygen atoms in total. The lowest BCUT2D eigenvalue weighted by molar-refractivity contribution is 0.688. The maximum atomic E-state index is 6.39. The lowest BCUT2D eigenvalue weighted by Gasteiger charge is -2.08. The Balaban J connectivity index is 1.82. The van der Waals surface area contributed by atoms with Crippen LogP contribution in [-0.4, -0.2) is 11.0 Å². The van der Waals surface area contributed by atoms with Gasteiger partial charge in [0.2, 0.25) is 0 Å². The second kappa shape index (κ2) is 5.32. The van der Waals surface area contributed by atoms with E-state index in [1.165, 1.54) is 18.4 Å². The van der Waals surface area contributed by atoms with Gasteiger partial charge in [0.1, 0.15) is 0 Å². The van der Waals surface area contributed by atoms with Crippen LogP contribution in [0.1, 0.15) is 24.0 Å². The van der Waals surface area contributed by atoms with Crippen LogP contribution in [-0.2, 0) is 6.54 Å². The van der Waals surface area contributed by atoms with E-state index in [-0.39, 0.29) is 0 Å². The van der Waals surface area contributed by atoms with Crippen LogP contribution >= 0.6 is 11.6 Å². The SMILES string of the molecule is Cc1cncc(-c2ccc(CNC3CC3)cc2Cl)c1. The molecule has 98 valence electrons. The van der Waals surface area contributed by atoms with Crippen LogP contribution in [0.4, 0.5) is 0 Å². The third-order valence-electron chi connectivity index (χ3n) is 3.39. The highest BCUT2D eigenvalue weighted by Crippen LogP contribution is 2.29. The van der Waals surface area contributed by atoms with Crippen LogP contribution in [0.25, 0.3) is 11.1 Å². The zero-order valence-electron chi connectivity index (χ0n) is 11.0. The molecule has 0 bridgehead atoms. The molecule has 0 unspecified atom stereocenters. The summed E-state index contributed by atoms with van der Waals surface area (Å²) in [5.41, 5.74) is 4.51. The quantitative estimate of drug-likeness (QED) is 0.911. The summed E-state index contributed by atoms with van der Waals surface area (Å²) in [6.45, 7) is 2.94. The standard InChI is InChI=1S/C16H17ClN2/c1-11-6-13(10-18-8-11)15-5-2-12(7-16(15)17)9-19-14-3-4-14/h2,5-8,10,14,19H,3-4,9H2,1H3. The molecule has 0 saturated heterocycles. The monoisotopic (exact) mass is 272 g/mol. The second-order valence-corrected chi connectivity index (χ2v) is 5.63. The molecule has 1 N–H and O–H groups in total. The zero-order chi connectivity index (χ0) is 13.2. The molecule has 3 rings (SSSR count). The largest absolute Gasteiger partial charge is 0.310 e. The molecule has 0 radical (unpaired) electrons. The topological polar surface area (TPSA) is 24.9 Å². The fourth-order valence-electron chi connectivity index (χ4n) is 2.15. The molecule has 0 aliphatic heterocycles. The highest BCUT2D eigenvalue weighted by atomic mass is 35.5. The van der Waals surface area contributed by atoms with Crippen LogP contribution < -0.4 is 5.32 Å². The molecular formula is C16H17ClN2. The fourth-order valence-corrected chi connectivity index (χ4v) is 2.47. The summed E-state index contributed by atoms with van der Waals surface area (Å²) in [6.07, 6.45) is 6.32. The van der Waals surface area contributed by atoms with Crippen LogP contribution in [0.2, 0.25) is 5.02 Å². The average molecular weight is 273 g/mol. The molecular weight excluding hydrogens is 256 g/mol. The smallest absolute Gasteiger partial charge is 0.0488 e. The molecule has 1 heterocycles. The highest BCUT2D eigenvalue weighted by Gasteiger charge is 2.20. The molecule has 19 heavy (non-hydrogen) atoms. The Morgan fingerprint density at radius 3 is 2.79 bits per heavy atom. The lowest BCUT2D eigenvalue weighted by atomic mass is 10.0. The lowest BCUT2D eigenvalue weighted by Crippen LogP contribution is -2.15. The molecule has 2 aromatic rings. The van der Waals surface area contributed by atoms with Gasteiger partial charge in [0.05, 0.1) is 0 Å². The van der Waals surface area contributed by atoms with Gasteiger partial charge in [-0.1, -0.05) is 23.7 Å². The third-order valence-corrected chi connectivity index (χ3v) is 3.70. The number of rotatable bonds is 4. The van der Waals surface area contributed by atoms with Crippen molar-refractivity contribution < 1.29 is 0 Å². The van der Waals surface area contributed by atoms with Gasteiger partial charge in [-0.15, -0.1) is 0 Å². The van der Waals surface area contributed by atoms with Crippen molar-refractivity contribution in [3.05, 3.63) is 52.8 Å². The van der Waals surface area contributed by atoms with Gasteiger partial charge in [-0.25, -0.2) is 0 Å². The number of aromatic nitrogens is 1. The van der Waals surface area contributed by atoms with Crippen molar-refractivity contribution in [1.82, 2.24) is 10.3 Å². The highest BCUT2D eigenvalue weighted by molar-refractivity contribution is 6.33. The molecule has 1 aliphatic rings. The van der Waals surface area contributed by atoms with Gasteiger partial charge in [-0.2, -0.15) is 0 Å². The van der Waals surface area contributed by atoms with E-state index in [9.17, 15) is 0 Å². The predicted octanol–water partition coefficient (Wildman–Crippen LogP) is 3.96. The minimum atomic E-state index is 0.722. The Bertz CT molecular complexity index is 591. The second-order valence-electron chi connectivity index (χ2n) is 5.22. The number of nitrogens with zero attached hydrogens (tertiary/aromatic N) is 1. The van der Waals surface area contributed by atoms with Crippen molar-refractivity contribution in [2.45, 2.75) is 32.4 Å². The van der Waals surface area contributed by atoms with Gasteiger partial charge in [0, 0.05) is 41.1 Å². The molecule has 0 atom stereocenters. The summed E-state index contributed by atoms with van der Waals surface area (Å²) in [4.78, 5) is 4.22. The Labute approximate surface area is 118 Å². The first-order valence-electron chi connectivity index (χ1n) is 6.66. The number of aryl methyl sites for hydroxylation is 1. The first kappa shape index (κ1) is 12.6. The summed E-state index contributed by atoms with van der Waals surface area (Å²) in [7, 11) is 0. The van der Waals surface area contributed by atoms with E-state index < -0.39 is 0 Å². The van der Waals surface area contributed by atoms with E-state index >= 15 is 0 Å². The van der Waals surface area contributed by atoms with Crippen molar-refractivity contribution in [3.63, 3.8) is 0 Å². The molecule has 0 spiro atoms. The van der Waals surface area contributed by atoms with E-state index in [1.54, 1.807) is 0 Å². The molecule has 0 amide bonds. The van der Waals surface area contributed by atoms with Crippen molar-refractivity contribution in [3.8, 4) is 11.1 Å². The van der Waals surface area contributed by atoms with E-state index in [2.05, 4.69) is 34.6 Å². The van der Waals surface area contributed by atoms with Gasteiger partial charge in [-0.05, 0) is 43.0 Å². The molecule has 1 fully saturated rings. The minimum absolute atomic E-state index is 0.722. The number of benzene rings is 1. The van der Waals surface area contributed by atoms with E-state index in [4.69, 9.17) is 11.6 Å². The predicted molar refractivity (Wildman–Crippen MR) is 79.3 cm³/mol. The summed E-state index contributed by atoms with van der Waals surface area (Å²) in [5.74, 6) is 0. The van der Waals surface area contributed by atoms with Gasteiger partial charge >= 0.3 is 0 Å². The first-order chi connectivity index (χ1) is 9.22. The Hall–Kier alpha value is -1.38. The van der Waals surface area contributed by atoms with E-state index in [1.807, 2.05) is 19.3 Å². The summed E-state index contributed by atoms with van der Waals surface area (Å²) >= 11 is 6.39. The maximum absolute atomic E-state index is 6.39. The Morgan fingerprint density at radius 2 is 2.11 bits per heavy atom. The van der Waals surface area contributed by atoms with Crippen LogP contribution in [0.5, 0.6) is 0 Å². The maximum Gasteiger partial charge on any atom is 0.0488 e. The summed E-state index contributed by atoms with van der Waals surface area (Å²) < 4.78 is 0. The van der Waals surface area contributed by atoms with Gasteiger partial charge < -0.3 is 5.32 Å². The van der Waals surface area contributed by atoms with Crippen molar-refractivity contribution >= 4 is 11.6 Å². The molecule has 1 aromatic heterocycles.